The first-order chi connectivity index (χ1) is 7.59. The van der Waals surface area contributed by atoms with Gasteiger partial charge in [-0.2, -0.15) is 0 Å². The summed E-state index contributed by atoms with van der Waals surface area (Å²) in [6.07, 6.45) is 3.84. The van der Waals surface area contributed by atoms with Gasteiger partial charge in [-0.05, 0) is 59.0 Å². The Morgan fingerprint density at radius 3 is 2.56 bits per heavy atom. The van der Waals surface area contributed by atoms with Crippen LogP contribution in [-0.4, -0.2) is 42.9 Å². The average Bonchev–Trinajstić information content (AvgIpc) is 2.65. The van der Waals surface area contributed by atoms with E-state index in [0.717, 1.165) is 19.1 Å². The number of likely N-dealkylation sites (tertiary alicyclic amines) is 1. The fourth-order valence-corrected chi connectivity index (χ4v) is 3.00. The van der Waals surface area contributed by atoms with Gasteiger partial charge in [0.1, 0.15) is 5.72 Å². The first-order valence-electron chi connectivity index (χ1n) is 6.72. The summed E-state index contributed by atoms with van der Waals surface area (Å²) in [5, 5.41) is 3.48. The first-order valence-corrected chi connectivity index (χ1v) is 6.72. The summed E-state index contributed by atoms with van der Waals surface area (Å²) in [6.45, 7) is 11.2. The van der Waals surface area contributed by atoms with Crippen LogP contribution in [0.5, 0.6) is 0 Å². The number of nitrogens with zero attached hydrogens (tertiary/aromatic N) is 1. The van der Waals surface area contributed by atoms with Crippen LogP contribution in [0.3, 0.4) is 0 Å². The zero-order valence-corrected chi connectivity index (χ0v) is 11.0. The van der Waals surface area contributed by atoms with E-state index in [9.17, 15) is 0 Å². The van der Waals surface area contributed by atoms with Crippen LogP contribution in [0.25, 0.3) is 0 Å². The predicted octanol–water partition coefficient (Wildman–Crippen LogP) is 1.83. The molecule has 0 aromatic heterocycles. The van der Waals surface area contributed by atoms with Crippen molar-refractivity contribution >= 4 is 0 Å². The topological polar surface area (TPSA) is 24.5 Å². The Balaban J connectivity index is 1.76. The van der Waals surface area contributed by atoms with E-state index in [0.29, 0.717) is 6.04 Å². The standard InChI is InChI=1S/C13H26N2O/c1-11(2)15-7-4-12(5-8-15)10-13(3)14-6-9-16-13/h11-12,14H,4-10H2,1-3H3. The molecule has 2 heterocycles. The van der Waals surface area contributed by atoms with Crippen LogP contribution in [0.2, 0.25) is 0 Å². The van der Waals surface area contributed by atoms with Crippen LogP contribution in [-0.2, 0) is 4.74 Å². The monoisotopic (exact) mass is 226 g/mol. The maximum absolute atomic E-state index is 5.79. The number of piperidine rings is 1. The van der Waals surface area contributed by atoms with E-state index in [1.807, 2.05) is 0 Å². The Morgan fingerprint density at radius 2 is 2.06 bits per heavy atom. The number of ether oxygens (including phenoxy) is 1. The molecule has 0 radical (unpaired) electrons. The van der Waals surface area contributed by atoms with Crippen molar-refractivity contribution in [3.63, 3.8) is 0 Å². The molecule has 0 amide bonds. The van der Waals surface area contributed by atoms with E-state index < -0.39 is 0 Å². The molecule has 94 valence electrons. The molecule has 16 heavy (non-hydrogen) atoms. The van der Waals surface area contributed by atoms with Gasteiger partial charge in [-0.15, -0.1) is 0 Å². The van der Waals surface area contributed by atoms with Gasteiger partial charge in [-0.25, -0.2) is 0 Å². The summed E-state index contributed by atoms with van der Waals surface area (Å²) < 4.78 is 5.79. The minimum atomic E-state index is -0.0370. The molecule has 3 nitrogen and oxygen atoms in total. The zero-order valence-electron chi connectivity index (χ0n) is 11.0. The summed E-state index contributed by atoms with van der Waals surface area (Å²) in [7, 11) is 0. The Kier molecular flexibility index (Phi) is 3.88. The van der Waals surface area contributed by atoms with Crippen LogP contribution in [0, 0.1) is 5.92 Å². The van der Waals surface area contributed by atoms with Gasteiger partial charge in [0.2, 0.25) is 0 Å². The smallest absolute Gasteiger partial charge is 0.116 e. The summed E-state index contributed by atoms with van der Waals surface area (Å²) >= 11 is 0. The molecule has 1 N–H and O–H groups in total. The molecule has 2 aliphatic heterocycles. The third-order valence-corrected chi connectivity index (χ3v) is 4.08. The molecule has 0 aromatic rings. The first kappa shape index (κ1) is 12.3. The summed E-state index contributed by atoms with van der Waals surface area (Å²) in [6, 6.07) is 0.706. The minimum Gasteiger partial charge on any atom is -0.360 e. The number of hydrogen-bond donors (Lipinski definition) is 1. The van der Waals surface area contributed by atoms with Crippen LogP contribution < -0.4 is 5.32 Å². The summed E-state index contributed by atoms with van der Waals surface area (Å²) in [4.78, 5) is 2.59. The van der Waals surface area contributed by atoms with Crippen molar-refractivity contribution in [1.29, 1.82) is 0 Å². The lowest BCUT2D eigenvalue weighted by Gasteiger charge is -2.37. The van der Waals surface area contributed by atoms with E-state index in [4.69, 9.17) is 4.74 Å². The molecule has 3 heteroatoms. The number of hydrogen-bond acceptors (Lipinski definition) is 3. The van der Waals surface area contributed by atoms with Gasteiger partial charge in [0.25, 0.3) is 0 Å². The van der Waals surface area contributed by atoms with Gasteiger partial charge in [-0.3, -0.25) is 5.32 Å². The highest BCUT2D eigenvalue weighted by Gasteiger charge is 2.33. The number of rotatable bonds is 3. The normalized spacial score (nSPS) is 33.8. The Labute approximate surface area is 99.5 Å². The van der Waals surface area contributed by atoms with E-state index in [1.165, 1.54) is 32.4 Å². The van der Waals surface area contributed by atoms with E-state index >= 15 is 0 Å². The van der Waals surface area contributed by atoms with Crippen LogP contribution in [0.15, 0.2) is 0 Å². The van der Waals surface area contributed by atoms with Crippen molar-refractivity contribution in [2.75, 3.05) is 26.2 Å². The van der Waals surface area contributed by atoms with Crippen molar-refractivity contribution in [2.45, 2.75) is 51.8 Å². The third kappa shape index (κ3) is 2.96. The summed E-state index contributed by atoms with van der Waals surface area (Å²) in [5.74, 6) is 0.839. The van der Waals surface area contributed by atoms with Gasteiger partial charge in [-0.1, -0.05) is 0 Å². The second kappa shape index (κ2) is 5.03. The molecular formula is C13H26N2O. The highest BCUT2D eigenvalue weighted by Crippen LogP contribution is 2.29. The van der Waals surface area contributed by atoms with Crippen molar-refractivity contribution in [2.24, 2.45) is 5.92 Å². The molecule has 0 aromatic carbocycles. The van der Waals surface area contributed by atoms with Crippen molar-refractivity contribution < 1.29 is 4.74 Å². The molecule has 0 saturated carbocycles. The quantitative estimate of drug-likeness (QED) is 0.794. The number of nitrogens with one attached hydrogen (secondary N) is 1. The fraction of sp³-hybridized carbons (Fsp3) is 1.00. The van der Waals surface area contributed by atoms with Crippen molar-refractivity contribution in [3.05, 3.63) is 0 Å². The lowest BCUT2D eigenvalue weighted by Crippen LogP contribution is -2.44. The highest BCUT2D eigenvalue weighted by molar-refractivity contribution is 4.84. The van der Waals surface area contributed by atoms with Gasteiger partial charge in [0, 0.05) is 12.6 Å². The van der Waals surface area contributed by atoms with E-state index in [2.05, 4.69) is 31.0 Å². The maximum Gasteiger partial charge on any atom is 0.116 e. The predicted molar refractivity (Wildman–Crippen MR) is 66.4 cm³/mol. The van der Waals surface area contributed by atoms with Crippen LogP contribution in [0.4, 0.5) is 0 Å². The fourth-order valence-electron chi connectivity index (χ4n) is 3.00. The lowest BCUT2D eigenvalue weighted by atomic mass is 9.88. The molecule has 2 saturated heterocycles. The molecule has 0 bridgehead atoms. The second-order valence-electron chi connectivity index (χ2n) is 5.78. The van der Waals surface area contributed by atoms with Gasteiger partial charge >= 0.3 is 0 Å². The van der Waals surface area contributed by atoms with Crippen molar-refractivity contribution in [1.82, 2.24) is 10.2 Å². The molecular weight excluding hydrogens is 200 g/mol. The molecule has 2 rings (SSSR count). The second-order valence-corrected chi connectivity index (χ2v) is 5.78. The van der Waals surface area contributed by atoms with E-state index in [-0.39, 0.29) is 5.72 Å². The van der Waals surface area contributed by atoms with E-state index in [1.54, 1.807) is 0 Å². The lowest BCUT2D eigenvalue weighted by molar-refractivity contribution is -0.0220. The Morgan fingerprint density at radius 1 is 1.38 bits per heavy atom. The Bertz CT molecular complexity index is 216. The van der Waals surface area contributed by atoms with Crippen molar-refractivity contribution in [3.8, 4) is 0 Å². The molecule has 1 atom stereocenters. The molecule has 0 aliphatic carbocycles. The molecule has 2 fully saturated rings. The zero-order chi connectivity index (χ0) is 11.6. The largest absolute Gasteiger partial charge is 0.360 e. The van der Waals surface area contributed by atoms with Crippen LogP contribution >= 0.6 is 0 Å². The molecule has 2 aliphatic rings. The third-order valence-electron chi connectivity index (χ3n) is 4.08. The maximum atomic E-state index is 5.79. The minimum absolute atomic E-state index is 0.0370. The van der Waals surface area contributed by atoms with Gasteiger partial charge < -0.3 is 9.64 Å². The highest BCUT2D eigenvalue weighted by atomic mass is 16.5. The molecule has 0 spiro atoms. The van der Waals surface area contributed by atoms with Crippen LogP contribution in [0.1, 0.15) is 40.0 Å². The van der Waals surface area contributed by atoms with Gasteiger partial charge in [0.05, 0.1) is 6.61 Å². The Hall–Kier alpha value is -0.120. The summed E-state index contributed by atoms with van der Waals surface area (Å²) in [5.41, 5.74) is -0.0370. The SMILES string of the molecule is CC(C)N1CCC(CC2(C)NCCO2)CC1. The average molecular weight is 226 g/mol. The van der Waals surface area contributed by atoms with Gasteiger partial charge in [0.15, 0.2) is 0 Å². The molecule has 1 unspecified atom stereocenters.